The molecular weight excluding hydrogens is 660 g/mol. The number of nitrogens with zero attached hydrogens (tertiary/aromatic N) is 5. The quantitative estimate of drug-likeness (QED) is 0.243. The lowest BCUT2D eigenvalue weighted by molar-refractivity contribution is -0.124. The Morgan fingerprint density at radius 1 is 1.04 bits per heavy atom. The topological polar surface area (TPSA) is 121 Å². The Bertz CT molecular complexity index is 1930. The first kappa shape index (κ1) is 33.6. The van der Waals surface area contributed by atoms with E-state index in [9.17, 15) is 14.0 Å². The van der Waals surface area contributed by atoms with Crippen molar-refractivity contribution in [2.45, 2.75) is 69.5 Å². The molecule has 5 aliphatic rings. The highest BCUT2D eigenvalue weighted by molar-refractivity contribution is 6.07. The number of methoxy groups -OCH3 is 1. The third-order valence-corrected chi connectivity index (χ3v) is 11.3. The fraction of sp³-hybridized carbons (Fsp3) is 0.514. The first-order chi connectivity index (χ1) is 24.7. The Labute approximate surface area is 295 Å². The van der Waals surface area contributed by atoms with E-state index in [0.717, 1.165) is 59.0 Å². The standard InChI is InChI=1S/C37H43F2N7O5/c1-3-26-28(39)7-6-24-14-25(51-22-49-2)15-30(31(24)26)44-13-8-27-29(19-44)40-35(50-21-36-9-4-12-46(36)18-23(16-36)17-38)41-32(27)45-11-5-10-37(20-45)33(47)42-34(48)43-37/h6-7,14-15,17H,3-5,8-13,16,18-22H2,1-2H3,(H2,42,43,47,48)/b23-17-/t36?,37-/m1/s1. The van der Waals surface area contributed by atoms with Crippen LogP contribution in [0.15, 0.2) is 36.2 Å². The average Bonchev–Trinajstić information content (AvgIpc) is 3.78. The number of piperidine rings is 1. The largest absolute Gasteiger partial charge is 0.467 e. The smallest absolute Gasteiger partial charge is 0.322 e. The number of halogens is 2. The summed E-state index contributed by atoms with van der Waals surface area (Å²) < 4.78 is 46.4. The minimum atomic E-state index is -1.04. The molecular formula is C37H43F2N7O5. The summed E-state index contributed by atoms with van der Waals surface area (Å²) in [5.74, 6) is 0.707. The minimum absolute atomic E-state index is 0.0736. The predicted molar refractivity (Wildman–Crippen MR) is 186 cm³/mol. The van der Waals surface area contributed by atoms with Crippen molar-refractivity contribution in [3.63, 3.8) is 0 Å². The summed E-state index contributed by atoms with van der Waals surface area (Å²) in [4.78, 5) is 41.8. The molecule has 0 radical (unpaired) electrons. The lowest BCUT2D eigenvalue weighted by Gasteiger charge is -2.40. The van der Waals surface area contributed by atoms with Gasteiger partial charge in [-0.25, -0.2) is 13.6 Å². The molecule has 51 heavy (non-hydrogen) atoms. The van der Waals surface area contributed by atoms with Crippen LogP contribution in [-0.2, 0) is 28.9 Å². The van der Waals surface area contributed by atoms with Gasteiger partial charge >= 0.3 is 12.0 Å². The van der Waals surface area contributed by atoms with Crippen LogP contribution in [0.5, 0.6) is 11.8 Å². The number of ether oxygens (including phenoxy) is 3. The number of amides is 3. The molecule has 1 unspecified atom stereocenters. The van der Waals surface area contributed by atoms with Crippen molar-refractivity contribution in [2.75, 3.05) is 63.0 Å². The molecule has 3 amide bonds. The van der Waals surface area contributed by atoms with Crippen molar-refractivity contribution < 1.29 is 32.6 Å². The van der Waals surface area contributed by atoms with Crippen LogP contribution >= 0.6 is 0 Å². The number of benzene rings is 2. The molecule has 1 aromatic heterocycles. The lowest BCUT2D eigenvalue weighted by Crippen LogP contribution is -2.59. The Morgan fingerprint density at radius 3 is 2.69 bits per heavy atom. The molecule has 4 fully saturated rings. The summed E-state index contributed by atoms with van der Waals surface area (Å²) in [6.07, 6.45) is 5.53. The van der Waals surface area contributed by atoms with Gasteiger partial charge in [-0.2, -0.15) is 9.97 Å². The lowest BCUT2D eigenvalue weighted by atomic mass is 9.88. The fourth-order valence-electron chi connectivity index (χ4n) is 8.89. The zero-order chi connectivity index (χ0) is 35.3. The van der Waals surface area contributed by atoms with E-state index in [4.69, 9.17) is 24.2 Å². The van der Waals surface area contributed by atoms with Crippen molar-refractivity contribution in [1.82, 2.24) is 25.5 Å². The molecule has 0 bridgehead atoms. The maximum atomic E-state index is 15.3. The zero-order valence-electron chi connectivity index (χ0n) is 29.0. The van der Waals surface area contributed by atoms with Crippen molar-refractivity contribution in [2.24, 2.45) is 0 Å². The van der Waals surface area contributed by atoms with Crippen LogP contribution < -0.4 is 29.9 Å². The van der Waals surface area contributed by atoms with Gasteiger partial charge < -0.3 is 29.3 Å². The molecule has 14 heteroatoms. The number of rotatable bonds is 9. The average molecular weight is 704 g/mol. The highest BCUT2D eigenvalue weighted by atomic mass is 19.1. The monoisotopic (exact) mass is 703 g/mol. The number of anilines is 2. The number of aromatic nitrogens is 2. The van der Waals surface area contributed by atoms with E-state index in [2.05, 4.69) is 25.3 Å². The highest BCUT2D eigenvalue weighted by Crippen LogP contribution is 2.43. The Kier molecular flexibility index (Phi) is 8.69. The SMILES string of the molecule is CCc1c(F)ccc2cc(OCOC)cc(N3CCc4c(nc(OCC56CCCN5C/C(=C\F)C6)nc4N4CCC[C@]5(C4)NC(=O)NC5=O)C3)c12. The molecule has 3 aromatic rings. The number of carbonyl (C=O) groups is 2. The number of imide groups is 1. The van der Waals surface area contributed by atoms with Crippen LogP contribution in [0.4, 0.5) is 25.1 Å². The van der Waals surface area contributed by atoms with Gasteiger partial charge in [0.15, 0.2) is 6.79 Å². The van der Waals surface area contributed by atoms with E-state index >= 15 is 4.39 Å². The van der Waals surface area contributed by atoms with Gasteiger partial charge in [0.05, 0.1) is 30.7 Å². The summed E-state index contributed by atoms with van der Waals surface area (Å²) in [7, 11) is 1.56. The number of urea groups is 1. The number of aryl methyl sites for hydroxylation is 1. The molecule has 1 spiro atoms. The predicted octanol–water partition coefficient (Wildman–Crippen LogP) is 4.53. The second-order valence-electron chi connectivity index (χ2n) is 14.4. The maximum Gasteiger partial charge on any atom is 0.322 e. The Hall–Kier alpha value is -4.56. The molecule has 2 atom stereocenters. The van der Waals surface area contributed by atoms with Crippen LogP contribution in [0.2, 0.25) is 0 Å². The molecule has 0 aliphatic carbocycles. The Morgan fingerprint density at radius 2 is 1.90 bits per heavy atom. The summed E-state index contributed by atoms with van der Waals surface area (Å²) >= 11 is 0. The second kappa shape index (κ2) is 13.2. The van der Waals surface area contributed by atoms with E-state index in [-0.39, 0.29) is 36.6 Å². The molecule has 4 saturated heterocycles. The molecule has 5 aliphatic heterocycles. The number of nitrogens with one attached hydrogen (secondary N) is 2. The van der Waals surface area contributed by atoms with E-state index in [1.165, 1.54) is 6.07 Å². The number of fused-ring (bicyclic) bond motifs is 3. The first-order valence-corrected chi connectivity index (χ1v) is 17.8. The molecule has 0 saturated carbocycles. The van der Waals surface area contributed by atoms with Crippen molar-refractivity contribution >= 4 is 34.2 Å². The van der Waals surface area contributed by atoms with Gasteiger partial charge in [-0.15, -0.1) is 0 Å². The maximum absolute atomic E-state index is 15.3. The molecule has 270 valence electrons. The molecule has 2 N–H and O–H groups in total. The van der Waals surface area contributed by atoms with Gasteiger partial charge in [-0.1, -0.05) is 13.0 Å². The first-order valence-electron chi connectivity index (χ1n) is 17.8. The van der Waals surface area contributed by atoms with Gasteiger partial charge in [0.2, 0.25) is 0 Å². The van der Waals surface area contributed by atoms with E-state index < -0.39 is 11.6 Å². The van der Waals surface area contributed by atoms with E-state index in [1.54, 1.807) is 13.2 Å². The summed E-state index contributed by atoms with van der Waals surface area (Å²) in [6, 6.07) is 6.84. The molecule has 2 aromatic carbocycles. The van der Waals surface area contributed by atoms with Crippen LogP contribution in [-0.4, -0.2) is 91.1 Å². The van der Waals surface area contributed by atoms with Gasteiger partial charge in [0, 0.05) is 49.4 Å². The van der Waals surface area contributed by atoms with Gasteiger partial charge in [-0.3, -0.25) is 15.0 Å². The van der Waals surface area contributed by atoms with Crippen LogP contribution in [0.25, 0.3) is 10.8 Å². The van der Waals surface area contributed by atoms with Crippen molar-refractivity contribution in [1.29, 1.82) is 0 Å². The number of hydrogen-bond acceptors (Lipinski definition) is 10. The van der Waals surface area contributed by atoms with Gasteiger partial charge in [0.1, 0.15) is 29.5 Å². The van der Waals surface area contributed by atoms with Crippen molar-refractivity contribution in [3.05, 3.63) is 58.8 Å². The molecule has 6 heterocycles. The zero-order valence-corrected chi connectivity index (χ0v) is 29.0. The molecule has 12 nitrogen and oxygen atoms in total. The number of carbonyl (C=O) groups excluding carboxylic acids is 2. The van der Waals surface area contributed by atoms with E-state index in [0.29, 0.717) is 82.0 Å². The summed E-state index contributed by atoms with van der Waals surface area (Å²) in [5.41, 5.74) is 2.59. The van der Waals surface area contributed by atoms with Crippen LogP contribution in [0, 0.1) is 5.82 Å². The summed E-state index contributed by atoms with van der Waals surface area (Å²) in [5, 5.41) is 6.98. The molecule has 8 rings (SSSR count). The second-order valence-corrected chi connectivity index (χ2v) is 14.4. The van der Waals surface area contributed by atoms with E-state index in [1.807, 2.05) is 19.1 Å². The normalized spacial score (nSPS) is 25.5. The van der Waals surface area contributed by atoms with Gasteiger partial charge in [0.25, 0.3) is 5.91 Å². The fourth-order valence-corrected chi connectivity index (χ4v) is 8.89. The highest BCUT2D eigenvalue weighted by Gasteiger charge is 2.50. The summed E-state index contributed by atoms with van der Waals surface area (Å²) in [6.45, 7) is 5.72. The third-order valence-electron chi connectivity index (χ3n) is 11.3. The third kappa shape index (κ3) is 5.91. The number of hydrogen-bond donors (Lipinski definition) is 2. The van der Waals surface area contributed by atoms with Crippen LogP contribution in [0.3, 0.4) is 0 Å². The van der Waals surface area contributed by atoms with Gasteiger partial charge in [-0.05, 0) is 80.1 Å². The van der Waals surface area contributed by atoms with Crippen LogP contribution in [0.1, 0.15) is 55.8 Å². The minimum Gasteiger partial charge on any atom is -0.467 e. The van der Waals surface area contributed by atoms with Crippen molar-refractivity contribution in [3.8, 4) is 11.8 Å². The Balaban J connectivity index is 1.18.